The number of nitrogens with zero attached hydrogens (tertiary/aromatic N) is 1. The number of morpholine rings is 1. The van der Waals surface area contributed by atoms with Crippen LogP contribution in [0.15, 0.2) is 18.2 Å². The summed E-state index contributed by atoms with van der Waals surface area (Å²) < 4.78 is 11.0. The molecule has 5 heteroatoms. The maximum atomic E-state index is 12.4. The molecular weight excluding hydrogens is 268 g/mol. The second-order valence-corrected chi connectivity index (χ2v) is 5.17. The molecule has 1 atom stereocenters. The summed E-state index contributed by atoms with van der Waals surface area (Å²) in [6, 6.07) is 5.80. The predicted octanol–water partition coefficient (Wildman–Crippen LogP) is 3.04. The molecule has 2 rings (SSSR count). The molecule has 0 unspecified atom stereocenters. The molecule has 0 aromatic heterocycles. The summed E-state index contributed by atoms with van der Waals surface area (Å²) in [6.07, 6.45) is 0.894. The maximum Gasteiger partial charge on any atom is 0.322 e. The Morgan fingerprint density at radius 2 is 2.29 bits per heavy atom. The van der Waals surface area contributed by atoms with Crippen LogP contribution in [-0.2, 0) is 4.74 Å². The fourth-order valence-corrected chi connectivity index (χ4v) is 2.44. The minimum absolute atomic E-state index is 0.0727. The Bertz CT molecular complexity index is 490. The SMILES string of the molecule is CCOc1cc(NC(=O)N2CCOC[C@H]2CC)ccc1C. The molecule has 0 aliphatic carbocycles. The van der Waals surface area contributed by atoms with Crippen molar-refractivity contribution in [1.82, 2.24) is 4.90 Å². The van der Waals surface area contributed by atoms with Gasteiger partial charge in [-0.25, -0.2) is 4.79 Å². The molecule has 21 heavy (non-hydrogen) atoms. The summed E-state index contributed by atoms with van der Waals surface area (Å²) in [5.74, 6) is 0.810. The summed E-state index contributed by atoms with van der Waals surface area (Å²) in [7, 11) is 0. The van der Waals surface area contributed by atoms with Crippen LogP contribution < -0.4 is 10.1 Å². The number of carbonyl (C=O) groups is 1. The van der Waals surface area contributed by atoms with Crippen molar-refractivity contribution in [3.63, 3.8) is 0 Å². The fourth-order valence-electron chi connectivity index (χ4n) is 2.44. The van der Waals surface area contributed by atoms with E-state index < -0.39 is 0 Å². The highest BCUT2D eigenvalue weighted by molar-refractivity contribution is 5.90. The molecule has 1 aromatic carbocycles. The van der Waals surface area contributed by atoms with E-state index in [4.69, 9.17) is 9.47 Å². The Hall–Kier alpha value is -1.75. The topological polar surface area (TPSA) is 50.8 Å². The van der Waals surface area contributed by atoms with Gasteiger partial charge in [-0.05, 0) is 31.9 Å². The van der Waals surface area contributed by atoms with E-state index in [0.717, 1.165) is 23.4 Å². The van der Waals surface area contributed by atoms with Crippen LogP contribution in [0.1, 0.15) is 25.8 Å². The van der Waals surface area contributed by atoms with Crippen molar-refractivity contribution in [3.8, 4) is 5.75 Å². The summed E-state index contributed by atoms with van der Waals surface area (Å²) in [5.41, 5.74) is 1.82. The fraction of sp³-hybridized carbons (Fsp3) is 0.562. The molecule has 0 bridgehead atoms. The Balaban J connectivity index is 2.06. The van der Waals surface area contributed by atoms with Crippen LogP contribution in [0.5, 0.6) is 5.75 Å². The van der Waals surface area contributed by atoms with E-state index in [1.54, 1.807) is 0 Å². The van der Waals surface area contributed by atoms with Crippen LogP contribution in [0.3, 0.4) is 0 Å². The van der Waals surface area contributed by atoms with E-state index in [1.807, 2.05) is 36.9 Å². The van der Waals surface area contributed by atoms with Gasteiger partial charge >= 0.3 is 6.03 Å². The lowest BCUT2D eigenvalue weighted by molar-refractivity contribution is 0.0144. The van der Waals surface area contributed by atoms with E-state index in [0.29, 0.717) is 26.4 Å². The van der Waals surface area contributed by atoms with Gasteiger partial charge in [0.1, 0.15) is 5.75 Å². The van der Waals surface area contributed by atoms with Crippen LogP contribution in [-0.4, -0.2) is 43.3 Å². The largest absolute Gasteiger partial charge is 0.494 e. The van der Waals surface area contributed by atoms with Gasteiger partial charge in [0.2, 0.25) is 0 Å². The first-order chi connectivity index (χ1) is 10.2. The third kappa shape index (κ3) is 3.88. The van der Waals surface area contributed by atoms with Crippen LogP contribution in [0.25, 0.3) is 0 Å². The lowest BCUT2D eigenvalue weighted by Gasteiger charge is -2.35. The van der Waals surface area contributed by atoms with Crippen molar-refractivity contribution >= 4 is 11.7 Å². The van der Waals surface area contributed by atoms with Crippen molar-refractivity contribution < 1.29 is 14.3 Å². The zero-order valence-corrected chi connectivity index (χ0v) is 13.0. The average Bonchev–Trinajstić information content (AvgIpc) is 2.50. The number of benzene rings is 1. The van der Waals surface area contributed by atoms with Crippen LogP contribution in [0.2, 0.25) is 0 Å². The van der Waals surface area contributed by atoms with E-state index in [-0.39, 0.29) is 12.1 Å². The standard InChI is InChI=1S/C16H24N2O3/c1-4-14-11-20-9-8-18(14)16(19)17-13-7-6-12(3)15(10-13)21-5-2/h6-7,10,14H,4-5,8-9,11H2,1-3H3,(H,17,19)/t14-/m1/s1. The minimum Gasteiger partial charge on any atom is -0.494 e. The highest BCUT2D eigenvalue weighted by atomic mass is 16.5. The minimum atomic E-state index is -0.0727. The monoisotopic (exact) mass is 292 g/mol. The van der Waals surface area contributed by atoms with Crippen molar-refractivity contribution in [2.75, 3.05) is 31.7 Å². The highest BCUT2D eigenvalue weighted by Gasteiger charge is 2.25. The summed E-state index contributed by atoms with van der Waals surface area (Å²) in [5, 5.41) is 2.95. The molecular formula is C16H24N2O3. The van der Waals surface area contributed by atoms with Gasteiger partial charge in [0.05, 0.1) is 25.9 Å². The zero-order valence-electron chi connectivity index (χ0n) is 13.0. The number of urea groups is 1. The van der Waals surface area contributed by atoms with E-state index in [9.17, 15) is 4.79 Å². The number of amides is 2. The number of hydrogen-bond acceptors (Lipinski definition) is 3. The van der Waals surface area contributed by atoms with Gasteiger partial charge in [0, 0.05) is 18.3 Å². The summed E-state index contributed by atoms with van der Waals surface area (Å²) >= 11 is 0. The quantitative estimate of drug-likeness (QED) is 0.928. The van der Waals surface area contributed by atoms with Gasteiger partial charge in [-0.3, -0.25) is 0 Å². The summed E-state index contributed by atoms with van der Waals surface area (Å²) in [6.45, 7) is 8.47. The molecule has 2 amide bonds. The molecule has 0 spiro atoms. The molecule has 0 radical (unpaired) electrons. The number of nitrogens with one attached hydrogen (secondary N) is 1. The Morgan fingerprint density at radius 1 is 1.48 bits per heavy atom. The predicted molar refractivity (Wildman–Crippen MR) is 83.0 cm³/mol. The molecule has 1 aliphatic rings. The Morgan fingerprint density at radius 3 is 3.00 bits per heavy atom. The molecule has 0 saturated carbocycles. The van der Waals surface area contributed by atoms with E-state index >= 15 is 0 Å². The van der Waals surface area contributed by atoms with Crippen molar-refractivity contribution in [2.24, 2.45) is 0 Å². The zero-order chi connectivity index (χ0) is 15.2. The van der Waals surface area contributed by atoms with Crippen LogP contribution in [0.4, 0.5) is 10.5 Å². The van der Waals surface area contributed by atoms with Crippen LogP contribution >= 0.6 is 0 Å². The molecule has 1 aromatic rings. The normalized spacial score (nSPS) is 18.4. The number of rotatable bonds is 4. The van der Waals surface area contributed by atoms with Crippen LogP contribution in [0, 0.1) is 6.92 Å². The van der Waals surface area contributed by atoms with Gasteiger partial charge < -0.3 is 19.7 Å². The first-order valence-corrected chi connectivity index (χ1v) is 7.54. The number of carbonyl (C=O) groups excluding carboxylic acids is 1. The van der Waals surface area contributed by atoms with Gasteiger partial charge in [-0.15, -0.1) is 0 Å². The second kappa shape index (κ2) is 7.31. The third-order valence-corrected chi connectivity index (χ3v) is 3.70. The second-order valence-electron chi connectivity index (χ2n) is 5.17. The van der Waals surface area contributed by atoms with Gasteiger partial charge in [0.15, 0.2) is 0 Å². The number of anilines is 1. The highest BCUT2D eigenvalue weighted by Crippen LogP contribution is 2.23. The average molecular weight is 292 g/mol. The van der Waals surface area contributed by atoms with Gasteiger partial charge in [-0.2, -0.15) is 0 Å². The molecule has 1 heterocycles. The number of ether oxygens (including phenoxy) is 2. The lowest BCUT2D eigenvalue weighted by Crippen LogP contribution is -2.50. The molecule has 1 fully saturated rings. The summed E-state index contributed by atoms with van der Waals surface area (Å²) in [4.78, 5) is 14.3. The maximum absolute atomic E-state index is 12.4. The number of hydrogen-bond donors (Lipinski definition) is 1. The Labute approximate surface area is 126 Å². The molecule has 5 nitrogen and oxygen atoms in total. The van der Waals surface area contributed by atoms with Crippen molar-refractivity contribution in [1.29, 1.82) is 0 Å². The molecule has 116 valence electrons. The van der Waals surface area contributed by atoms with Gasteiger partial charge in [0.25, 0.3) is 0 Å². The van der Waals surface area contributed by atoms with E-state index in [2.05, 4.69) is 12.2 Å². The van der Waals surface area contributed by atoms with Crippen molar-refractivity contribution in [3.05, 3.63) is 23.8 Å². The number of aryl methyl sites for hydroxylation is 1. The van der Waals surface area contributed by atoms with Gasteiger partial charge in [-0.1, -0.05) is 13.0 Å². The third-order valence-electron chi connectivity index (χ3n) is 3.70. The lowest BCUT2D eigenvalue weighted by atomic mass is 10.2. The Kier molecular flexibility index (Phi) is 5.44. The first kappa shape index (κ1) is 15.6. The molecule has 1 saturated heterocycles. The first-order valence-electron chi connectivity index (χ1n) is 7.54. The van der Waals surface area contributed by atoms with E-state index in [1.165, 1.54) is 0 Å². The molecule has 1 aliphatic heterocycles. The smallest absolute Gasteiger partial charge is 0.322 e. The van der Waals surface area contributed by atoms with Crippen molar-refractivity contribution in [2.45, 2.75) is 33.2 Å². The molecule has 1 N–H and O–H groups in total.